The standard InChI is InChI=1S/C4H8N4O/c1-9-3-8-4(6)7-2-5/h3H2,1H3,(H3,6,7,8). The summed E-state index contributed by atoms with van der Waals surface area (Å²) in [6, 6.07) is 0. The molecule has 5 nitrogen and oxygen atoms in total. The number of guanidine groups is 1. The Bertz CT molecular complexity index is 136. The Morgan fingerprint density at radius 2 is 2.67 bits per heavy atom. The summed E-state index contributed by atoms with van der Waals surface area (Å²) in [6.07, 6.45) is 1.62. The van der Waals surface area contributed by atoms with Crippen molar-refractivity contribution in [1.29, 1.82) is 5.26 Å². The molecule has 0 atom stereocenters. The van der Waals surface area contributed by atoms with Gasteiger partial charge in [-0.25, -0.2) is 4.99 Å². The fourth-order valence-corrected chi connectivity index (χ4v) is 0.231. The molecule has 3 N–H and O–H groups in total. The van der Waals surface area contributed by atoms with Gasteiger partial charge in [0.2, 0.25) is 5.96 Å². The van der Waals surface area contributed by atoms with Crippen LogP contribution in [0, 0.1) is 11.5 Å². The fraction of sp³-hybridized carbons (Fsp3) is 0.500. The molecule has 0 aliphatic rings. The molecule has 0 amide bonds. The predicted molar refractivity (Wildman–Crippen MR) is 32.2 cm³/mol. The van der Waals surface area contributed by atoms with Gasteiger partial charge in [0, 0.05) is 7.11 Å². The smallest absolute Gasteiger partial charge is 0.204 e. The summed E-state index contributed by atoms with van der Waals surface area (Å²) in [5.74, 6) is 0.0688. The zero-order valence-electron chi connectivity index (χ0n) is 5.09. The molecule has 0 unspecified atom stereocenters. The molecule has 0 saturated heterocycles. The number of nitriles is 1. The van der Waals surface area contributed by atoms with Crippen molar-refractivity contribution in [3.8, 4) is 6.19 Å². The first-order chi connectivity index (χ1) is 4.31. The van der Waals surface area contributed by atoms with Gasteiger partial charge in [0.25, 0.3) is 0 Å². The third-order valence-corrected chi connectivity index (χ3v) is 0.548. The van der Waals surface area contributed by atoms with Crippen LogP contribution >= 0.6 is 0 Å². The minimum atomic E-state index is 0.0688. The van der Waals surface area contributed by atoms with Crippen molar-refractivity contribution in [2.75, 3.05) is 13.8 Å². The second-order valence-electron chi connectivity index (χ2n) is 1.20. The molecule has 50 valence electrons. The van der Waals surface area contributed by atoms with Crippen molar-refractivity contribution >= 4 is 5.96 Å². The molecular weight excluding hydrogens is 120 g/mol. The molecule has 0 radical (unpaired) electrons. The molecule has 0 aromatic rings. The molecule has 0 aliphatic heterocycles. The highest BCUT2D eigenvalue weighted by Gasteiger charge is 1.83. The Morgan fingerprint density at radius 1 is 2.00 bits per heavy atom. The van der Waals surface area contributed by atoms with E-state index >= 15 is 0 Å². The lowest BCUT2D eigenvalue weighted by Gasteiger charge is -1.93. The Morgan fingerprint density at radius 3 is 3.11 bits per heavy atom. The number of aliphatic imine (C=N–C) groups is 1. The van der Waals surface area contributed by atoms with Crippen LogP contribution in [-0.4, -0.2) is 19.8 Å². The first kappa shape index (κ1) is 7.72. The lowest BCUT2D eigenvalue weighted by atomic mass is 10.9. The van der Waals surface area contributed by atoms with Crippen molar-refractivity contribution in [1.82, 2.24) is 5.32 Å². The highest BCUT2D eigenvalue weighted by Crippen LogP contribution is 1.67. The molecule has 0 aromatic carbocycles. The Kier molecular flexibility index (Phi) is 4.18. The summed E-state index contributed by atoms with van der Waals surface area (Å²) < 4.78 is 4.54. The first-order valence-corrected chi connectivity index (χ1v) is 2.25. The van der Waals surface area contributed by atoms with E-state index in [-0.39, 0.29) is 12.7 Å². The lowest BCUT2D eigenvalue weighted by molar-refractivity contribution is 0.208. The number of nitrogens with two attached hydrogens (primary N) is 1. The van der Waals surface area contributed by atoms with Gasteiger partial charge < -0.3 is 10.5 Å². The summed E-state index contributed by atoms with van der Waals surface area (Å²) in [7, 11) is 1.49. The monoisotopic (exact) mass is 128 g/mol. The van der Waals surface area contributed by atoms with Gasteiger partial charge in [-0.3, -0.25) is 5.32 Å². The van der Waals surface area contributed by atoms with E-state index < -0.39 is 0 Å². The maximum absolute atomic E-state index is 7.97. The van der Waals surface area contributed by atoms with Gasteiger partial charge >= 0.3 is 0 Å². The second-order valence-corrected chi connectivity index (χ2v) is 1.20. The zero-order chi connectivity index (χ0) is 7.11. The van der Waals surface area contributed by atoms with Crippen LogP contribution in [-0.2, 0) is 4.74 Å². The third-order valence-electron chi connectivity index (χ3n) is 0.548. The van der Waals surface area contributed by atoms with E-state index in [1.54, 1.807) is 6.19 Å². The normalized spacial score (nSPS) is 10.4. The van der Waals surface area contributed by atoms with E-state index in [4.69, 9.17) is 11.0 Å². The average Bonchev–Trinajstić information content (AvgIpc) is 1.85. The van der Waals surface area contributed by atoms with Gasteiger partial charge in [-0.2, -0.15) is 5.26 Å². The van der Waals surface area contributed by atoms with E-state index in [2.05, 4.69) is 15.0 Å². The minimum Gasteiger partial charge on any atom is -0.369 e. The predicted octanol–water partition coefficient (Wildman–Crippen LogP) is -1.02. The quantitative estimate of drug-likeness (QED) is 0.216. The maximum Gasteiger partial charge on any atom is 0.204 e. The lowest BCUT2D eigenvalue weighted by Crippen LogP contribution is -2.27. The van der Waals surface area contributed by atoms with Crippen LogP contribution in [0.4, 0.5) is 0 Å². The minimum absolute atomic E-state index is 0.0688. The van der Waals surface area contributed by atoms with Gasteiger partial charge in [0.1, 0.15) is 6.73 Å². The molecule has 0 aliphatic carbocycles. The van der Waals surface area contributed by atoms with Gasteiger partial charge in [0.05, 0.1) is 0 Å². The van der Waals surface area contributed by atoms with Gasteiger partial charge in [-0.05, 0) is 0 Å². The maximum atomic E-state index is 7.97. The molecule has 0 rings (SSSR count). The molecule has 5 heteroatoms. The molecule has 0 fully saturated rings. The summed E-state index contributed by atoms with van der Waals surface area (Å²) in [6.45, 7) is 0.167. The Labute approximate surface area is 53.1 Å². The highest BCUT2D eigenvalue weighted by atomic mass is 16.5. The van der Waals surface area contributed by atoms with Crippen LogP contribution < -0.4 is 11.1 Å². The molecule has 0 saturated carbocycles. The first-order valence-electron chi connectivity index (χ1n) is 2.25. The van der Waals surface area contributed by atoms with E-state index in [9.17, 15) is 0 Å². The van der Waals surface area contributed by atoms with E-state index in [1.165, 1.54) is 7.11 Å². The van der Waals surface area contributed by atoms with Crippen molar-refractivity contribution < 1.29 is 4.74 Å². The molecular formula is C4H8N4O. The Balaban J connectivity index is 3.46. The number of ether oxygens (including phenoxy) is 1. The third kappa shape index (κ3) is 4.58. The largest absolute Gasteiger partial charge is 0.369 e. The van der Waals surface area contributed by atoms with Gasteiger partial charge in [-0.15, -0.1) is 0 Å². The molecule has 0 spiro atoms. The number of methoxy groups -OCH3 is 1. The molecule has 0 aromatic heterocycles. The van der Waals surface area contributed by atoms with Crippen molar-refractivity contribution in [2.45, 2.75) is 0 Å². The van der Waals surface area contributed by atoms with Gasteiger partial charge in [0.15, 0.2) is 6.19 Å². The van der Waals surface area contributed by atoms with Crippen LogP contribution in [0.3, 0.4) is 0 Å². The van der Waals surface area contributed by atoms with E-state index in [0.29, 0.717) is 0 Å². The van der Waals surface area contributed by atoms with Crippen LogP contribution in [0.2, 0.25) is 0 Å². The van der Waals surface area contributed by atoms with Crippen molar-refractivity contribution in [3.05, 3.63) is 0 Å². The average molecular weight is 128 g/mol. The number of nitrogens with one attached hydrogen (secondary N) is 1. The van der Waals surface area contributed by atoms with E-state index in [1.807, 2.05) is 0 Å². The van der Waals surface area contributed by atoms with E-state index in [0.717, 1.165) is 0 Å². The zero-order valence-corrected chi connectivity index (χ0v) is 5.09. The topological polar surface area (TPSA) is 83.4 Å². The fourth-order valence-electron chi connectivity index (χ4n) is 0.231. The number of hydrogen-bond donors (Lipinski definition) is 2. The summed E-state index contributed by atoms with van der Waals surface area (Å²) in [4.78, 5) is 3.57. The van der Waals surface area contributed by atoms with Crippen LogP contribution in [0.15, 0.2) is 4.99 Å². The molecule has 0 bridgehead atoms. The van der Waals surface area contributed by atoms with Gasteiger partial charge in [-0.1, -0.05) is 0 Å². The number of rotatable bonds is 2. The molecule has 9 heavy (non-hydrogen) atoms. The summed E-state index contributed by atoms with van der Waals surface area (Å²) in [5, 5.41) is 10.1. The molecule has 0 heterocycles. The second kappa shape index (κ2) is 4.87. The number of hydrogen-bond acceptors (Lipinski definition) is 3. The van der Waals surface area contributed by atoms with Crippen molar-refractivity contribution in [3.63, 3.8) is 0 Å². The summed E-state index contributed by atoms with van der Waals surface area (Å²) in [5.41, 5.74) is 5.11. The van der Waals surface area contributed by atoms with Crippen molar-refractivity contribution in [2.24, 2.45) is 10.7 Å². The Hall–Kier alpha value is -1.28. The highest BCUT2D eigenvalue weighted by molar-refractivity contribution is 5.79. The summed E-state index contributed by atoms with van der Waals surface area (Å²) >= 11 is 0. The van der Waals surface area contributed by atoms with Crippen LogP contribution in [0.25, 0.3) is 0 Å². The number of nitrogens with zero attached hydrogens (tertiary/aromatic N) is 2. The van der Waals surface area contributed by atoms with Crippen LogP contribution in [0.1, 0.15) is 0 Å². The SMILES string of the molecule is COC/N=C(\N)NC#N. The van der Waals surface area contributed by atoms with Crippen LogP contribution in [0.5, 0.6) is 0 Å².